The van der Waals surface area contributed by atoms with Crippen LogP contribution in [0.25, 0.3) is 16.5 Å². The number of aromatic amines is 1. The maximum atomic E-state index is 13.1. The van der Waals surface area contributed by atoms with E-state index in [1.165, 1.54) is 15.5 Å². The van der Waals surface area contributed by atoms with E-state index < -0.39 is 11.2 Å². The van der Waals surface area contributed by atoms with Gasteiger partial charge in [0.2, 0.25) is 0 Å². The van der Waals surface area contributed by atoms with Gasteiger partial charge < -0.3 is 10.6 Å². The number of hydrogen-bond donors (Lipinski definition) is 2. The second-order valence-corrected chi connectivity index (χ2v) is 8.50. The highest BCUT2D eigenvalue weighted by molar-refractivity contribution is 7.16. The number of carbonyl (C=O) groups is 1. The Morgan fingerprint density at radius 2 is 1.88 bits per heavy atom. The number of nitrogens with zero attached hydrogens (tertiary/aromatic N) is 2. The molecule has 8 heteroatoms. The van der Waals surface area contributed by atoms with Crippen LogP contribution in [0.3, 0.4) is 0 Å². The summed E-state index contributed by atoms with van der Waals surface area (Å²) in [5.41, 5.74) is 6.11. The number of nitrogens with one attached hydrogen (secondary N) is 1. The van der Waals surface area contributed by atoms with Crippen LogP contribution in [0, 0.1) is 0 Å². The summed E-state index contributed by atoms with van der Waals surface area (Å²) in [6, 6.07) is 14.0. The molecule has 0 aliphatic carbocycles. The van der Waals surface area contributed by atoms with Crippen molar-refractivity contribution in [1.29, 1.82) is 0 Å². The maximum Gasteiger partial charge on any atom is 0.330 e. The highest BCUT2D eigenvalue weighted by Gasteiger charge is 2.22. The molecule has 0 saturated heterocycles. The summed E-state index contributed by atoms with van der Waals surface area (Å²) in [6.45, 7) is 4.60. The zero-order valence-electron chi connectivity index (χ0n) is 18.3. The summed E-state index contributed by atoms with van der Waals surface area (Å²) in [5.74, 6) is -0.340. The zero-order valence-corrected chi connectivity index (χ0v) is 19.2. The average molecular weight is 453 g/mol. The van der Waals surface area contributed by atoms with Crippen molar-refractivity contribution in [3.05, 3.63) is 74.3 Å². The number of rotatable bonds is 9. The van der Waals surface area contributed by atoms with Gasteiger partial charge >= 0.3 is 5.69 Å². The fraction of sp³-hybridized carbons (Fsp3) is 0.292. The number of carbonyl (C=O) groups excluding carboxylic acids is 1. The normalized spacial score (nSPS) is 11.2. The molecule has 0 fully saturated rings. The lowest BCUT2D eigenvalue weighted by molar-refractivity contribution is -0.114. The highest BCUT2D eigenvalue weighted by atomic mass is 32.1. The predicted octanol–water partition coefficient (Wildman–Crippen LogP) is 4.10. The number of H-pyrrole nitrogens is 1. The molecule has 0 bridgehead atoms. The first-order chi connectivity index (χ1) is 15.5. The Balaban J connectivity index is 1.91. The Kier molecular flexibility index (Phi) is 7.83. The van der Waals surface area contributed by atoms with Crippen molar-refractivity contribution in [2.24, 2.45) is 0 Å². The first-order valence-electron chi connectivity index (χ1n) is 10.7. The highest BCUT2D eigenvalue weighted by Crippen LogP contribution is 2.28. The summed E-state index contributed by atoms with van der Waals surface area (Å²) in [6.07, 6.45) is 5.39. The van der Waals surface area contributed by atoms with E-state index in [2.05, 4.69) is 4.98 Å². The number of nitrogens with two attached hydrogens (primary N) is 1. The SMILES string of the molecule is CCCCN(C(=O)/C=C/c1ccc(-c2ccccc2)s1)c1c(N)n(CCC)c(=O)[nH]c1=O. The number of benzene rings is 1. The minimum absolute atomic E-state index is 0.0148. The number of nitrogen functional groups attached to an aromatic ring is 1. The number of anilines is 2. The quantitative estimate of drug-likeness (QED) is 0.477. The molecule has 2 heterocycles. The van der Waals surface area contributed by atoms with Crippen molar-refractivity contribution in [2.75, 3.05) is 17.2 Å². The van der Waals surface area contributed by atoms with Gasteiger partial charge in [0.05, 0.1) is 0 Å². The van der Waals surface area contributed by atoms with Crippen LogP contribution in [-0.2, 0) is 11.3 Å². The van der Waals surface area contributed by atoms with Crippen LogP contribution in [0.2, 0.25) is 0 Å². The molecule has 0 unspecified atom stereocenters. The van der Waals surface area contributed by atoms with Gasteiger partial charge in [-0.25, -0.2) is 4.79 Å². The number of hydrogen-bond acceptors (Lipinski definition) is 5. The fourth-order valence-electron chi connectivity index (χ4n) is 3.38. The summed E-state index contributed by atoms with van der Waals surface area (Å²) >= 11 is 1.58. The number of aromatic nitrogens is 2. The lowest BCUT2D eigenvalue weighted by Gasteiger charge is -2.23. The van der Waals surface area contributed by atoms with Crippen LogP contribution in [0.4, 0.5) is 11.5 Å². The zero-order chi connectivity index (χ0) is 23.1. The lowest BCUT2D eigenvalue weighted by Crippen LogP contribution is -2.41. The van der Waals surface area contributed by atoms with Gasteiger partial charge in [-0.1, -0.05) is 50.6 Å². The van der Waals surface area contributed by atoms with Gasteiger partial charge in [0.1, 0.15) is 5.82 Å². The van der Waals surface area contributed by atoms with Gasteiger partial charge in [0.15, 0.2) is 5.69 Å². The van der Waals surface area contributed by atoms with E-state index in [4.69, 9.17) is 5.73 Å². The molecule has 7 nitrogen and oxygen atoms in total. The third kappa shape index (κ3) is 5.26. The number of unbranched alkanes of at least 4 members (excludes halogenated alkanes) is 1. The molecule has 0 aliphatic rings. The molecule has 1 amide bonds. The summed E-state index contributed by atoms with van der Waals surface area (Å²) < 4.78 is 1.30. The third-order valence-electron chi connectivity index (χ3n) is 5.01. The predicted molar refractivity (Wildman–Crippen MR) is 132 cm³/mol. The Hall–Kier alpha value is -3.39. The molecule has 0 aliphatic heterocycles. The molecule has 3 rings (SSSR count). The van der Waals surface area contributed by atoms with Crippen molar-refractivity contribution in [3.63, 3.8) is 0 Å². The molecule has 32 heavy (non-hydrogen) atoms. The average Bonchev–Trinajstić information content (AvgIpc) is 3.27. The molecule has 0 atom stereocenters. The van der Waals surface area contributed by atoms with E-state index in [9.17, 15) is 14.4 Å². The lowest BCUT2D eigenvalue weighted by atomic mass is 10.2. The number of thiophene rings is 1. The minimum Gasteiger partial charge on any atom is -0.383 e. The van der Waals surface area contributed by atoms with Crippen LogP contribution in [0.5, 0.6) is 0 Å². The molecule has 0 radical (unpaired) electrons. The Labute approximate surface area is 190 Å². The van der Waals surface area contributed by atoms with E-state index in [1.807, 2.05) is 56.3 Å². The van der Waals surface area contributed by atoms with Gasteiger partial charge in [0.25, 0.3) is 11.5 Å². The van der Waals surface area contributed by atoms with E-state index in [0.717, 1.165) is 21.7 Å². The Morgan fingerprint density at radius 3 is 2.56 bits per heavy atom. The summed E-state index contributed by atoms with van der Waals surface area (Å²) in [4.78, 5) is 43.5. The van der Waals surface area contributed by atoms with Crippen LogP contribution in [0.15, 0.2) is 58.1 Å². The van der Waals surface area contributed by atoms with Crippen molar-refractivity contribution >= 4 is 34.8 Å². The van der Waals surface area contributed by atoms with E-state index in [0.29, 0.717) is 25.9 Å². The maximum absolute atomic E-state index is 13.1. The minimum atomic E-state index is -0.653. The third-order valence-corrected chi connectivity index (χ3v) is 6.11. The Morgan fingerprint density at radius 1 is 1.12 bits per heavy atom. The second kappa shape index (κ2) is 10.8. The van der Waals surface area contributed by atoms with Gasteiger partial charge in [-0.15, -0.1) is 11.3 Å². The largest absolute Gasteiger partial charge is 0.383 e. The summed E-state index contributed by atoms with van der Waals surface area (Å²) in [7, 11) is 0. The molecule has 0 saturated carbocycles. The fourth-order valence-corrected chi connectivity index (χ4v) is 4.29. The Bertz CT molecular complexity index is 1210. The first kappa shape index (κ1) is 23.3. The summed E-state index contributed by atoms with van der Waals surface area (Å²) in [5, 5.41) is 0. The molecule has 3 N–H and O–H groups in total. The van der Waals surface area contributed by atoms with Gasteiger partial charge in [-0.05, 0) is 36.6 Å². The van der Waals surface area contributed by atoms with Crippen LogP contribution in [-0.4, -0.2) is 22.0 Å². The smallest absolute Gasteiger partial charge is 0.330 e. The topological polar surface area (TPSA) is 101 Å². The molecule has 2 aromatic heterocycles. The second-order valence-electron chi connectivity index (χ2n) is 7.39. The molecule has 3 aromatic rings. The van der Waals surface area contributed by atoms with Crippen molar-refractivity contribution in [3.8, 4) is 10.4 Å². The van der Waals surface area contributed by atoms with Gasteiger partial charge in [-0.2, -0.15) is 0 Å². The molecule has 1 aromatic carbocycles. The molecular formula is C24H28N4O3S. The monoisotopic (exact) mass is 452 g/mol. The van der Waals surface area contributed by atoms with E-state index in [1.54, 1.807) is 17.4 Å². The standard InChI is InChI=1S/C24H28N4O3S/c1-3-5-16-27(21-22(25)28(15-4-2)24(31)26-23(21)30)20(29)14-12-18-11-13-19(32-18)17-9-7-6-8-10-17/h6-14H,3-5,15-16,25H2,1-2H3,(H,26,30,31)/b14-12+. The van der Waals surface area contributed by atoms with Crippen molar-refractivity contribution in [2.45, 2.75) is 39.7 Å². The number of amides is 1. The van der Waals surface area contributed by atoms with Crippen molar-refractivity contribution in [1.82, 2.24) is 9.55 Å². The first-order valence-corrected chi connectivity index (χ1v) is 11.5. The van der Waals surface area contributed by atoms with Crippen LogP contribution >= 0.6 is 11.3 Å². The van der Waals surface area contributed by atoms with E-state index >= 15 is 0 Å². The van der Waals surface area contributed by atoms with E-state index in [-0.39, 0.29) is 17.4 Å². The van der Waals surface area contributed by atoms with Crippen molar-refractivity contribution < 1.29 is 4.79 Å². The van der Waals surface area contributed by atoms with Crippen LogP contribution in [0.1, 0.15) is 38.0 Å². The molecule has 168 valence electrons. The van der Waals surface area contributed by atoms with Crippen LogP contribution < -0.4 is 21.9 Å². The van der Waals surface area contributed by atoms with Gasteiger partial charge in [-0.3, -0.25) is 19.1 Å². The van der Waals surface area contributed by atoms with Gasteiger partial charge in [0, 0.05) is 28.9 Å². The molecular weight excluding hydrogens is 424 g/mol. The molecule has 0 spiro atoms.